The zero-order valence-electron chi connectivity index (χ0n) is 87.7. The van der Waals surface area contributed by atoms with Crippen LogP contribution in [0.3, 0.4) is 0 Å². The predicted octanol–water partition coefficient (Wildman–Crippen LogP) is -1.63. The molecule has 0 aromatic heterocycles. The molecule has 0 aliphatic carbocycles. The third-order valence-electron chi connectivity index (χ3n) is 23.5. The van der Waals surface area contributed by atoms with E-state index in [4.69, 9.17) is 57.4 Å². The average molecular weight is 2020 g/mol. The lowest BCUT2D eigenvalue weighted by molar-refractivity contribution is -0.137. The third kappa shape index (κ3) is 60.0. The van der Waals surface area contributed by atoms with E-state index in [9.17, 15) is 86.3 Å². The largest absolute Gasteiger partial charge is 0.370 e. The first-order chi connectivity index (χ1) is 67.1. The second-order valence-corrected chi connectivity index (χ2v) is 40.3. The summed E-state index contributed by atoms with van der Waals surface area (Å²) < 4.78 is 0. The molecule has 0 aromatic rings. The summed E-state index contributed by atoms with van der Waals surface area (Å²) in [4.78, 5) is 255. The number of rotatable bonds is 82. The number of hydrogen-bond acceptors (Lipinski definition) is 27. The predicted molar refractivity (Wildman–Crippen MR) is 547 cm³/mol. The average Bonchev–Trinajstić information content (AvgIpc) is 0.851. The van der Waals surface area contributed by atoms with Crippen molar-refractivity contribution in [3.05, 3.63) is 0 Å². The fourth-order valence-corrected chi connectivity index (χ4v) is 15.8. The van der Waals surface area contributed by atoms with Gasteiger partial charge in [0.05, 0.1) is 12.6 Å². The van der Waals surface area contributed by atoms with Crippen LogP contribution in [0.5, 0.6) is 0 Å². The quantitative estimate of drug-likeness (QED) is 0.0141. The summed E-state index contributed by atoms with van der Waals surface area (Å²) in [5.74, 6) is -9.55. The van der Waals surface area contributed by atoms with Gasteiger partial charge in [-0.25, -0.2) is 5.84 Å². The van der Waals surface area contributed by atoms with E-state index in [-0.39, 0.29) is 189 Å². The Morgan fingerprint density at radius 1 is 0.204 bits per heavy atom. The summed E-state index contributed by atoms with van der Waals surface area (Å²) in [6, 6.07) is -19.4. The highest BCUT2D eigenvalue weighted by atomic mass is 16.2. The van der Waals surface area contributed by atoms with Gasteiger partial charge in [-0.1, -0.05) is 103 Å². The summed E-state index contributed by atoms with van der Waals surface area (Å²) in [7, 11) is 0. The molecule has 0 saturated carbocycles. The van der Waals surface area contributed by atoms with Crippen molar-refractivity contribution >= 4 is 106 Å². The Kier molecular flexibility index (Phi) is 71.3. The van der Waals surface area contributed by atoms with Crippen molar-refractivity contribution < 1.29 is 86.3 Å². The SMILES string of the molecule is CC(C)C[C@H](NC(=O)[C@H](CCCCN)NC(=O)[C@H](CC(C)C)NC(=O)[C@H](CC(C)C)NC(=O)[C@H](CCCCN)NC(=O)[C@H](CCCCN)NC(=O)[C@H](CCC(N)=O)NC(=O)[C@H](CC(C)C)NC(=O)[C@H](CCCCN)NC(=O)[C@H](CC(C)C)NC(=O)[C@H](CC(C)C)NC(=O)[C@H](CCCCN)NC(=O)[C@H](CCCCN)NC(=O)[C@@H](N)CC(C)C)C(=O)N[C@@H](CCCCN)C(=O)NCC(=O)NCCCCCC(=O)NN. The van der Waals surface area contributed by atoms with Gasteiger partial charge in [0.25, 0.3) is 0 Å². The zero-order chi connectivity index (χ0) is 108. The highest BCUT2D eigenvalue weighted by Crippen LogP contribution is 2.20. The van der Waals surface area contributed by atoms with Crippen LogP contribution in [0.15, 0.2) is 0 Å². The van der Waals surface area contributed by atoms with Gasteiger partial charge in [0.2, 0.25) is 106 Å². The maximum Gasteiger partial charge on any atom is 0.243 e. The molecular weight excluding hydrogens is 1830 g/mol. The van der Waals surface area contributed by atoms with Crippen LogP contribution < -0.4 is 148 Å². The molecule has 18 amide bonds. The summed E-state index contributed by atoms with van der Waals surface area (Å²) in [5, 5.41) is 44.2. The molecule has 0 radical (unpaired) electrons. The number of hydrazine groups is 1. The highest BCUT2D eigenvalue weighted by molar-refractivity contribution is 6.01. The molecule has 0 spiro atoms. The van der Waals surface area contributed by atoms with Crippen LogP contribution >= 0.6 is 0 Å². The Bertz CT molecular complexity index is 3770. The van der Waals surface area contributed by atoms with E-state index in [0.29, 0.717) is 116 Å². The molecule has 0 aliphatic rings. The molecular formula is C97H187N27O18. The smallest absolute Gasteiger partial charge is 0.243 e. The van der Waals surface area contributed by atoms with Gasteiger partial charge >= 0.3 is 0 Å². The molecule has 0 fully saturated rings. The molecule has 45 nitrogen and oxygen atoms in total. The lowest BCUT2D eigenvalue weighted by atomic mass is 9.98. The number of nitrogens with one attached hydrogen (secondary N) is 17. The monoisotopic (exact) mass is 2020 g/mol. The van der Waals surface area contributed by atoms with E-state index >= 15 is 0 Å². The van der Waals surface area contributed by atoms with Crippen molar-refractivity contribution in [1.29, 1.82) is 0 Å². The zero-order valence-corrected chi connectivity index (χ0v) is 87.7. The number of unbranched alkanes of at least 4 members (excludes halogenated alkanes) is 9. The third-order valence-corrected chi connectivity index (χ3v) is 23.5. The first-order valence-corrected chi connectivity index (χ1v) is 51.9. The number of primary amides is 1. The maximum atomic E-state index is 15.0. The molecule has 0 heterocycles. The van der Waals surface area contributed by atoms with Crippen molar-refractivity contribution in [2.24, 2.45) is 98.9 Å². The molecule has 0 unspecified atom stereocenters. The topological polar surface area (TPSA) is 772 Å². The number of hydrogen-bond donors (Lipinski definition) is 27. The van der Waals surface area contributed by atoms with Crippen LogP contribution in [-0.4, -0.2) is 256 Å². The van der Waals surface area contributed by atoms with Crippen LogP contribution in [0.25, 0.3) is 0 Å². The molecule has 818 valence electrons. The lowest BCUT2D eigenvalue weighted by Gasteiger charge is -2.30. The van der Waals surface area contributed by atoms with Crippen LogP contribution in [0, 0.1) is 41.4 Å². The second kappa shape index (κ2) is 76.7. The molecule has 142 heavy (non-hydrogen) atoms. The molecule has 0 bridgehead atoms. The summed E-state index contributed by atoms with van der Waals surface area (Å²) in [5.41, 5.74) is 55.1. The van der Waals surface area contributed by atoms with E-state index < -0.39 is 210 Å². The Balaban J connectivity index is 7.49. The molecule has 0 rings (SSSR count). The van der Waals surface area contributed by atoms with Crippen LogP contribution in [0.2, 0.25) is 0 Å². The minimum absolute atomic E-state index is 0.00427. The van der Waals surface area contributed by atoms with E-state index in [1.807, 2.05) is 55.4 Å². The minimum Gasteiger partial charge on any atom is -0.370 e. The van der Waals surface area contributed by atoms with Gasteiger partial charge in [0, 0.05) is 19.4 Å². The van der Waals surface area contributed by atoms with Crippen LogP contribution in [0.4, 0.5) is 0 Å². The Hall–Kier alpha value is -9.90. The van der Waals surface area contributed by atoms with Crippen molar-refractivity contribution in [1.82, 2.24) is 90.5 Å². The van der Waals surface area contributed by atoms with Gasteiger partial charge in [0.15, 0.2) is 0 Å². The maximum absolute atomic E-state index is 15.0. The molecule has 37 N–H and O–H groups in total. The first-order valence-electron chi connectivity index (χ1n) is 51.9. The summed E-state index contributed by atoms with van der Waals surface area (Å²) in [6.07, 6.45) is 7.49. The van der Waals surface area contributed by atoms with E-state index in [1.165, 1.54) is 0 Å². The van der Waals surface area contributed by atoms with Crippen molar-refractivity contribution in [3.63, 3.8) is 0 Å². The van der Waals surface area contributed by atoms with Gasteiger partial charge in [-0.2, -0.15) is 0 Å². The van der Waals surface area contributed by atoms with Gasteiger partial charge in [-0.3, -0.25) is 91.7 Å². The standard InChI is InChI=1S/C97H187N27O18/c1-58(2)50-65(105)83(128)110-67(33-18-25-43-99)85(130)112-69(35-20-27-45-101)87(132)120-78(55-63(11)12)96(141)122-77(54-62(9)10)94(139)116-72(38-23-30-48-104)90(135)119-75(52-60(5)6)95(140)117-73(40-41-80(106)125)91(136)114-68(34-19-26-44-100)86(131)113-70(36-21-28-46-102)88(133)121-79(56-64(13)14)97(142)123-76(53-61(7)8)93(138)115-71(37-22-29-47-103)89(134)118-74(51-59(3)4)92(137)111-66(32-17-24-42-98)84(129)109-57-82(127)108-49-31-15-16-39-81(126)124-107/h58-79H,15-57,98-105,107H2,1-14H3,(H2,106,125)(H,108,127)(H,109,129)(H,110,128)(H,111,137)(H,112,130)(H,113,131)(H,114,136)(H,115,138)(H,116,139)(H,117,140)(H,118,134)(H,119,135)(H,120,132)(H,121,133)(H,122,141)(H,123,142)(H,124,126)/t65-,66-,67-,68-,69-,70-,71-,72-,73-,74-,75-,76-,77-,78-,79-/m0/s1. The molecule has 0 aliphatic heterocycles. The summed E-state index contributed by atoms with van der Waals surface area (Å²) >= 11 is 0. The Morgan fingerprint density at radius 3 is 0.606 bits per heavy atom. The molecule has 0 aromatic carbocycles. The molecule has 45 heteroatoms. The van der Waals surface area contributed by atoms with Gasteiger partial charge in [-0.05, 0) is 286 Å². The number of amides is 18. The van der Waals surface area contributed by atoms with Crippen LogP contribution in [-0.2, 0) is 86.3 Å². The van der Waals surface area contributed by atoms with Gasteiger partial charge in [0.1, 0.15) is 84.6 Å². The normalized spacial score (nSPS) is 14.7. The molecule has 15 atom stereocenters. The number of carbonyl (C=O) groups is 18. The fourth-order valence-electron chi connectivity index (χ4n) is 15.8. The lowest BCUT2D eigenvalue weighted by Crippen LogP contribution is -2.61. The van der Waals surface area contributed by atoms with E-state index in [1.54, 1.807) is 41.5 Å². The fraction of sp³-hybridized carbons (Fsp3) is 0.814. The van der Waals surface area contributed by atoms with Crippen molar-refractivity contribution in [2.75, 3.05) is 58.9 Å². The summed E-state index contributed by atoms with van der Waals surface area (Å²) in [6.45, 7) is 27.0. The molecule has 0 saturated heterocycles. The first kappa shape index (κ1) is 132. The van der Waals surface area contributed by atoms with Crippen molar-refractivity contribution in [3.8, 4) is 0 Å². The number of carbonyl (C=O) groups excluding carboxylic acids is 18. The van der Waals surface area contributed by atoms with Crippen LogP contribution in [0.1, 0.15) is 315 Å². The van der Waals surface area contributed by atoms with E-state index in [2.05, 4.69) is 90.5 Å². The number of nitrogens with two attached hydrogens (primary N) is 10. The van der Waals surface area contributed by atoms with Crippen molar-refractivity contribution in [2.45, 2.75) is 406 Å². The van der Waals surface area contributed by atoms with Gasteiger partial charge in [-0.15, -0.1) is 0 Å². The second-order valence-electron chi connectivity index (χ2n) is 40.3. The Labute approximate surface area is 842 Å². The van der Waals surface area contributed by atoms with E-state index in [0.717, 1.165) is 0 Å². The van der Waals surface area contributed by atoms with Gasteiger partial charge < -0.3 is 137 Å². The Morgan fingerprint density at radius 2 is 0.401 bits per heavy atom. The minimum atomic E-state index is -1.62. The highest BCUT2D eigenvalue weighted by Gasteiger charge is 2.40.